The van der Waals surface area contributed by atoms with Gasteiger partial charge in [-0.05, 0) is 24.0 Å². The average molecular weight is 1240 g/mol. The molecule has 394 valence electrons. The molecule has 8 heteroatoms. The molecule has 14 rings (SSSR count). The van der Waals surface area contributed by atoms with Crippen LogP contribution in [0.1, 0.15) is 59.5 Å². The minimum absolute atomic E-state index is 0.0343. The summed E-state index contributed by atoms with van der Waals surface area (Å²) in [5, 5.41) is 0. The first-order valence-electron chi connectivity index (χ1n) is 32.6. The van der Waals surface area contributed by atoms with Gasteiger partial charge in [-0.15, -0.1) is 6.07 Å². The Morgan fingerprint density at radius 2 is 1.26 bits per heavy atom. The fraction of sp³-hybridized carbons (Fsp3) is 0.0959. The molecule has 0 atom stereocenters. The van der Waals surface area contributed by atoms with E-state index in [4.69, 9.17) is 17.9 Å². The summed E-state index contributed by atoms with van der Waals surface area (Å²) >= 11 is 2.23. The number of aromatic nitrogens is 3. The number of imidazole rings is 1. The van der Waals surface area contributed by atoms with E-state index in [1.54, 1.807) is 54.6 Å². The summed E-state index contributed by atoms with van der Waals surface area (Å²) in [5.41, 5.74) is 11.1. The second-order valence-electron chi connectivity index (χ2n) is 21.3. The Labute approximate surface area is 502 Å². The maximum absolute atomic E-state index is 10.0. The number of aryl methyl sites for hydroxylation is 3. The van der Waals surface area contributed by atoms with Gasteiger partial charge in [-0.3, -0.25) is 0 Å². The molecule has 0 amide bonds. The molecule has 81 heavy (non-hydrogen) atoms. The molecule has 0 saturated carbocycles. The number of rotatable bonds is 9. The SMILES string of the molecule is [2H]c1c([2H])c(-c2cccc(C([2H])([2H])[2H])c2)c(-n2[c](=[Pt])n(-c3[c-]c(Oc4nc(N5B6c7ccccc7-c7c(cccc7C([2H])([2H])[2H])N6c6ccc[c-]c65)cc(C([2H])([2H])[2H])c4-c4ccccc4)ccc3)c3ccccc32)c(-c2cc(-c3ccccc3)cc(C(C)(C)C)c2)c1[2H]. The van der Waals surface area contributed by atoms with Gasteiger partial charge < -0.3 is 0 Å². The summed E-state index contributed by atoms with van der Waals surface area (Å²) < 4.78 is 120. The zero-order valence-corrected chi connectivity index (χ0v) is 46.5. The number of ether oxygens (including phenoxy) is 1. The standard InChI is InChI=1S/C73H56BN5O.Pt/c1-48-23-19-29-53(41-48)59-33-22-34-60(55-43-54(51-25-9-7-10-26-51)44-56(45-55)73(4,5)6)71(59)77-47-76(63-36-15-16-37-64(63)77)57-30-21-31-58(46-57)80-72-69(52-27-11-8-12-28-52)50(3)42-68(75-72)79-66-39-18-17-38-65(66)78-67-40-20-24-49(2)70(67)61-32-13-14-35-62(61)74(78)79;/h7-38,40-45H,1-6H3;/q-2;/i1D3,2D3,3D3,22D,33D,34D;. The van der Waals surface area contributed by atoms with Gasteiger partial charge in [0.25, 0.3) is 0 Å². The van der Waals surface area contributed by atoms with Crippen molar-refractivity contribution in [2.45, 2.75) is 46.7 Å². The van der Waals surface area contributed by atoms with Crippen molar-refractivity contribution >= 4 is 46.4 Å². The van der Waals surface area contributed by atoms with Crippen molar-refractivity contribution in [1.29, 1.82) is 0 Å². The number of hydrogen-bond donors (Lipinski definition) is 0. The van der Waals surface area contributed by atoms with Crippen LogP contribution in [-0.4, -0.2) is 21.1 Å². The fourth-order valence-corrected chi connectivity index (χ4v) is 12.6. The van der Waals surface area contributed by atoms with Crippen LogP contribution in [0, 0.1) is 36.5 Å². The van der Waals surface area contributed by atoms with Crippen LogP contribution in [-0.2, 0) is 24.8 Å². The number of benzene rings is 10. The maximum atomic E-state index is 10.0. The third kappa shape index (κ3) is 8.61. The van der Waals surface area contributed by atoms with Crippen LogP contribution in [0.15, 0.2) is 230 Å². The number of pyridine rings is 1. The summed E-state index contributed by atoms with van der Waals surface area (Å²) in [7, 11) is 0. The zero-order chi connectivity index (χ0) is 65.2. The minimum atomic E-state index is -2.73. The summed E-state index contributed by atoms with van der Waals surface area (Å²) in [6.45, 7) is -2.02. The van der Waals surface area contributed by atoms with Gasteiger partial charge in [-0.25, -0.2) is 0 Å². The molecule has 0 spiro atoms. The van der Waals surface area contributed by atoms with Crippen LogP contribution >= 0.6 is 0 Å². The van der Waals surface area contributed by atoms with Crippen molar-refractivity contribution in [2.24, 2.45) is 0 Å². The molecular formula is C73H56BN5OPt-2. The van der Waals surface area contributed by atoms with E-state index in [-0.39, 0.29) is 68.8 Å². The normalized spacial score (nSPS) is 15.2. The van der Waals surface area contributed by atoms with Crippen molar-refractivity contribution in [3.05, 3.63) is 269 Å². The summed E-state index contributed by atoms with van der Waals surface area (Å²) in [6, 6.07) is 71.1. The second-order valence-corrected chi connectivity index (χ2v) is 22.3. The Hall–Kier alpha value is -9.03. The molecular weight excluding hydrogens is 1170 g/mol. The van der Waals surface area contributed by atoms with Crippen molar-refractivity contribution in [3.63, 3.8) is 0 Å². The van der Waals surface area contributed by atoms with Crippen LogP contribution in [0.2, 0.25) is 0 Å². The average Bonchev–Trinajstić information content (AvgIpc) is 1.61. The molecule has 0 radical (unpaired) electrons. The van der Waals surface area contributed by atoms with Gasteiger partial charge in [0.1, 0.15) is 0 Å². The first kappa shape index (κ1) is 38.6. The molecule has 6 nitrogen and oxygen atoms in total. The van der Waals surface area contributed by atoms with Gasteiger partial charge in [0.2, 0.25) is 0 Å². The fourth-order valence-electron chi connectivity index (χ4n) is 11.5. The van der Waals surface area contributed by atoms with Gasteiger partial charge in [-0.1, -0.05) is 36.4 Å². The van der Waals surface area contributed by atoms with Crippen LogP contribution in [0.3, 0.4) is 0 Å². The molecule has 0 N–H and O–H groups in total. The van der Waals surface area contributed by atoms with E-state index in [1.165, 1.54) is 6.07 Å². The number of hydrogen-bond acceptors (Lipinski definition) is 4. The number of fused-ring (bicyclic) bond motifs is 9. The number of para-hydroxylation sites is 4. The topological polar surface area (TPSA) is 38.5 Å². The molecule has 10 aromatic carbocycles. The van der Waals surface area contributed by atoms with E-state index in [0.717, 1.165) is 22.2 Å². The van der Waals surface area contributed by atoms with Crippen LogP contribution < -0.4 is 19.8 Å². The first-order chi connectivity index (χ1) is 44.4. The first-order valence-corrected chi connectivity index (χ1v) is 27.8. The molecule has 0 saturated heterocycles. The summed E-state index contributed by atoms with van der Waals surface area (Å²) in [6.07, 6.45) is 0. The zero-order valence-electron chi connectivity index (χ0n) is 56.2. The summed E-state index contributed by atoms with van der Waals surface area (Å²) in [5.74, 6) is 0.362. The Morgan fingerprint density at radius 1 is 0.568 bits per heavy atom. The van der Waals surface area contributed by atoms with Crippen molar-refractivity contribution < 1.29 is 40.5 Å². The monoisotopic (exact) mass is 1240 g/mol. The van der Waals surface area contributed by atoms with Crippen LogP contribution in [0.5, 0.6) is 11.6 Å². The van der Waals surface area contributed by atoms with Gasteiger partial charge in [0, 0.05) is 15.4 Å². The Bertz CT molecular complexity index is 5060. The molecule has 2 aromatic heterocycles. The molecule has 4 heterocycles. The molecule has 0 unspecified atom stereocenters. The van der Waals surface area contributed by atoms with E-state index >= 15 is 0 Å². The van der Waals surface area contributed by atoms with Gasteiger partial charge in [0.15, 0.2) is 0 Å². The predicted octanol–water partition coefficient (Wildman–Crippen LogP) is 17.8. The quantitative estimate of drug-likeness (QED) is 0.107. The van der Waals surface area contributed by atoms with E-state index in [0.29, 0.717) is 76.7 Å². The number of anilines is 4. The van der Waals surface area contributed by atoms with Crippen molar-refractivity contribution in [1.82, 2.24) is 14.1 Å². The van der Waals surface area contributed by atoms with Gasteiger partial charge in [0.05, 0.1) is 0 Å². The van der Waals surface area contributed by atoms with Crippen molar-refractivity contribution in [2.75, 3.05) is 9.62 Å². The Kier molecular flexibility index (Phi) is 9.50. The third-order valence-corrected chi connectivity index (χ3v) is 16.2. The molecule has 0 bridgehead atoms. The second kappa shape index (κ2) is 20.0. The molecule has 12 aromatic rings. The Morgan fingerprint density at radius 3 is 2.05 bits per heavy atom. The predicted molar refractivity (Wildman–Crippen MR) is 330 cm³/mol. The molecule has 2 aliphatic heterocycles. The van der Waals surface area contributed by atoms with E-state index in [2.05, 4.69) is 63.1 Å². The van der Waals surface area contributed by atoms with Gasteiger partial charge in [-0.2, -0.15) is 12.1 Å². The van der Waals surface area contributed by atoms with E-state index in [9.17, 15) is 8.22 Å². The van der Waals surface area contributed by atoms with Crippen molar-refractivity contribution in [3.8, 4) is 78.6 Å². The third-order valence-electron chi connectivity index (χ3n) is 15.2. The van der Waals surface area contributed by atoms with Gasteiger partial charge >= 0.3 is 411 Å². The molecule has 0 fully saturated rings. The summed E-state index contributed by atoms with van der Waals surface area (Å²) in [4.78, 5) is 9.36. The molecule has 0 aliphatic carbocycles. The van der Waals surface area contributed by atoms with Crippen LogP contribution in [0.4, 0.5) is 22.9 Å². The van der Waals surface area contributed by atoms with Crippen LogP contribution in [0.25, 0.3) is 78.0 Å². The van der Waals surface area contributed by atoms with E-state index in [1.807, 2.05) is 160 Å². The number of nitrogens with zero attached hydrogens (tertiary/aromatic N) is 5. The van der Waals surface area contributed by atoms with E-state index < -0.39 is 27.5 Å². The molecule has 2 aliphatic rings. The Balaban J connectivity index is 0.984.